The van der Waals surface area contributed by atoms with Gasteiger partial charge < -0.3 is 20.3 Å². The number of benzene rings is 1. The number of amides is 1. The summed E-state index contributed by atoms with van der Waals surface area (Å²) in [5.74, 6) is 0.177. The first-order valence-corrected chi connectivity index (χ1v) is 5.86. The standard InChI is InChI=1S/C13H17NO4/c1-13(17,8-15)7-14-12(16)10-6-18-11-5-3-2-4-9(10)11/h2-5,10,15,17H,6-8H2,1H3,(H,14,16). The first kappa shape index (κ1) is 12.9. The average molecular weight is 251 g/mol. The maximum atomic E-state index is 12.0. The molecule has 0 aliphatic carbocycles. The summed E-state index contributed by atoms with van der Waals surface area (Å²) in [7, 11) is 0. The molecule has 0 spiro atoms. The molecule has 1 heterocycles. The number of hydrogen-bond donors (Lipinski definition) is 3. The summed E-state index contributed by atoms with van der Waals surface area (Å²) in [6, 6.07) is 7.40. The maximum absolute atomic E-state index is 12.0. The molecule has 2 unspecified atom stereocenters. The van der Waals surface area contributed by atoms with E-state index in [9.17, 15) is 9.90 Å². The van der Waals surface area contributed by atoms with Gasteiger partial charge in [-0.1, -0.05) is 18.2 Å². The van der Waals surface area contributed by atoms with E-state index in [1.807, 2.05) is 24.3 Å². The van der Waals surface area contributed by atoms with Crippen molar-refractivity contribution in [3.8, 4) is 5.75 Å². The summed E-state index contributed by atoms with van der Waals surface area (Å²) in [5.41, 5.74) is -0.437. The van der Waals surface area contributed by atoms with Crippen molar-refractivity contribution in [1.82, 2.24) is 5.32 Å². The summed E-state index contributed by atoms with van der Waals surface area (Å²) in [6.45, 7) is 1.39. The molecule has 5 heteroatoms. The van der Waals surface area contributed by atoms with Crippen LogP contribution in [0.5, 0.6) is 5.75 Å². The molecule has 1 aromatic carbocycles. The van der Waals surface area contributed by atoms with Crippen molar-refractivity contribution in [2.75, 3.05) is 19.8 Å². The molecule has 0 fully saturated rings. The summed E-state index contributed by atoms with van der Waals surface area (Å²) in [6.07, 6.45) is 0. The Morgan fingerprint density at radius 3 is 3.00 bits per heavy atom. The Morgan fingerprint density at radius 1 is 1.56 bits per heavy atom. The van der Waals surface area contributed by atoms with Crippen molar-refractivity contribution in [1.29, 1.82) is 0 Å². The van der Waals surface area contributed by atoms with E-state index in [1.165, 1.54) is 6.92 Å². The molecule has 98 valence electrons. The molecule has 1 amide bonds. The lowest BCUT2D eigenvalue weighted by atomic mass is 10.00. The number of nitrogens with one attached hydrogen (secondary N) is 1. The third-order valence-electron chi connectivity index (χ3n) is 3.00. The predicted molar refractivity (Wildman–Crippen MR) is 65.4 cm³/mol. The van der Waals surface area contributed by atoms with Gasteiger partial charge in [-0.15, -0.1) is 0 Å². The molecule has 0 aromatic heterocycles. The van der Waals surface area contributed by atoms with Crippen molar-refractivity contribution in [2.24, 2.45) is 0 Å². The third-order valence-corrected chi connectivity index (χ3v) is 3.00. The normalized spacial score (nSPS) is 20.7. The maximum Gasteiger partial charge on any atom is 0.231 e. The van der Waals surface area contributed by atoms with Gasteiger partial charge in [-0.3, -0.25) is 4.79 Å². The van der Waals surface area contributed by atoms with Gasteiger partial charge in [0.25, 0.3) is 0 Å². The van der Waals surface area contributed by atoms with Crippen molar-refractivity contribution in [3.63, 3.8) is 0 Å². The van der Waals surface area contributed by atoms with Crippen LogP contribution in [0.25, 0.3) is 0 Å². The molecule has 0 radical (unpaired) electrons. The first-order chi connectivity index (χ1) is 8.53. The van der Waals surface area contributed by atoms with E-state index in [2.05, 4.69) is 5.32 Å². The first-order valence-electron chi connectivity index (χ1n) is 5.86. The van der Waals surface area contributed by atoms with Crippen LogP contribution in [0.4, 0.5) is 0 Å². The second-order valence-corrected chi connectivity index (χ2v) is 4.77. The number of carbonyl (C=O) groups is 1. The number of para-hydroxylation sites is 1. The zero-order valence-electron chi connectivity index (χ0n) is 10.2. The van der Waals surface area contributed by atoms with Gasteiger partial charge >= 0.3 is 0 Å². The van der Waals surface area contributed by atoms with E-state index < -0.39 is 12.2 Å². The third kappa shape index (κ3) is 2.63. The quantitative estimate of drug-likeness (QED) is 0.705. The van der Waals surface area contributed by atoms with Crippen LogP contribution in [0.1, 0.15) is 18.4 Å². The molecule has 0 saturated heterocycles. The largest absolute Gasteiger partial charge is 0.492 e. The molecular formula is C13H17NO4. The Hall–Kier alpha value is -1.59. The van der Waals surface area contributed by atoms with Crippen LogP contribution in [-0.2, 0) is 4.79 Å². The number of rotatable bonds is 4. The van der Waals surface area contributed by atoms with Crippen LogP contribution >= 0.6 is 0 Å². The van der Waals surface area contributed by atoms with Gasteiger partial charge in [0.1, 0.15) is 23.9 Å². The van der Waals surface area contributed by atoms with Crippen LogP contribution in [0.15, 0.2) is 24.3 Å². The fourth-order valence-corrected chi connectivity index (χ4v) is 1.84. The zero-order chi connectivity index (χ0) is 13.2. The minimum absolute atomic E-state index is 0.0149. The Labute approximate surface area is 105 Å². The van der Waals surface area contributed by atoms with Crippen molar-refractivity contribution in [3.05, 3.63) is 29.8 Å². The summed E-state index contributed by atoms with van der Waals surface area (Å²) >= 11 is 0. The number of ether oxygens (including phenoxy) is 1. The Morgan fingerprint density at radius 2 is 2.28 bits per heavy atom. The van der Waals surface area contributed by atoms with E-state index >= 15 is 0 Å². The lowest BCUT2D eigenvalue weighted by molar-refractivity contribution is -0.124. The van der Waals surface area contributed by atoms with E-state index in [0.29, 0.717) is 6.61 Å². The summed E-state index contributed by atoms with van der Waals surface area (Å²) in [4.78, 5) is 12.0. The van der Waals surface area contributed by atoms with E-state index in [-0.39, 0.29) is 18.4 Å². The topological polar surface area (TPSA) is 78.8 Å². The molecule has 1 aromatic rings. The molecule has 3 N–H and O–H groups in total. The molecule has 2 rings (SSSR count). The highest BCUT2D eigenvalue weighted by molar-refractivity contribution is 5.85. The van der Waals surface area contributed by atoms with Crippen molar-refractivity contribution >= 4 is 5.91 Å². The van der Waals surface area contributed by atoms with Crippen LogP contribution in [0.3, 0.4) is 0 Å². The molecule has 1 aliphatic heterocycles. The molecule has 18 heavy (non-hydrogen) atoms. The SMILES string of the molecule is CC(O)(CO)CNC(=O)C1COc2ccccc21. The van der Waals surface area contributed by atoms with E-state index in [4.69, 9.17) is 9.84 Å². The highest BCUT2D eigenvalue weighted by atomic mass is 16.5. The number of carbonyl (C=O) groups excluding carboxylic acids is 1. The van der Waals surface area contributed by atoms with Gasteiger partial charge in [0.05, 0.1) is 6.61 Å². The van der Waals surface area contributed by atoms with Gasteiger partial charge in [0, 0.05) is 12.1 Å². The highest BCUT2D eigenvalue weighted by Crippen LogP contribution is 2.33. The Balaban J connectivity index is 2.00. The van der Waals surface area contributed by atoms with E-state index in [1.54, 1.807) is 0 Å². The second kappa shape index (κ2) is 4.96. The number of fused-ring (bicyclic) bond motifs is 1. The van der Waals surface area contributed by atoms with Crippen LogP contribution in [0.2, 0.25) is 0 Å². The van der Waals surface area contributed by atoms with Crippen molar-refractivity contribution in [2.45, 2.75) is 18.4 Å². The molecule has 0 bridgehead atoms. The Bertz CT molecular complexity index is 444. The van der Waals surface area contributed by atoms with Gasteiger partial charge in [-0.25, -0.2) is 0 Å². The molecule has 1 aliphatic rings. The van der Waals surface area contributed by atoms with Gasteiger partial charge in [0.2, 0.25) is 5.91 Å². The number of aliphatic hydroxyl groups excluding tert-OH is 1. The minimum atomic E-state index is -1.30. The Kier molecular flexibility index (Phi) is 3.54. The fraction of sp³-hybridized carbons (Fsp3) is 0.462. The second-order valence-electron chi connectivity index (χ2n) is 4.77. The molecular weight excluding hydrogens is 234 g/mol. The summed E-state index contributed by atoms with van der Waals surface area (Å²) in [5, 5.41) is 21.1. The smallest absolute Gasteiger partial charge is 0.231 e. The predicted octanol–water partition coefficient (Wildman–Crippen LogP) is 0.0221. The molecule has 5 nitrogen and oxygen atoms in total. The number of aliphatic hydroxyl groups is 2. The lowest BCUT2D eigenvalue weighted by Crippen LogP contribution is -2.44. The molecule has 2 atom stereocenters. The van der Waals surface area contributed by atoms with Crippen LogP contribution < -0.4 is 10.1 Å². The fourth-order valence-electron chi connectivity index (χ4n) is 1.84. The summed E-state index contributed by atoms with van der Waals surface area (Å²) < 4.78 is 5.42. The monoisotopic (exact) mass is 251 g/mol. The minimum Gasteiger partial charge on any atom is -0.492 e. The van der Waals surface area contributed by atoms with Crippen LogP contribution in [-0.4, -0.2) is 41.5 Å². The highest BCUT2D eigenvalue weighted by Gasteiger charge is 2.31. The lowest BCUT2D eigenvalue weighted by Gasteiger charge is -2.21. The molecule has 0 saturated carbocycles. The average Bonchev–Trinajstić information content (AvgIpc) is 2.80. The van der Waals surface area contributed by atoms with Gasteiger partial charge in [0.15, 0.2) is 0 Å². The van der Waals surface area contributed by atoms with Gasteiger partial charge in [-0.05, 0) is 13.0 Å². The van der Waals surface area contributed by atoms with E-state index in [0.717, 1.165) is 11.3 Å². The van der Waals surface area contributed by atoms with Gasteiger partial charge in [-0.2, -0.15) is 0 Å². The zero-order valence-corrected chi connectivity index (χ0v) is 10.2. The van der Waals surface area contributed by atoms with Crippen molar-refractivity contribution < 1.29 is 19.7 Å². The van der Waals surface area contributed by atoms with Crippen LogP contribution in [0, 0.1) is 0 Å². The number of hydrogen-bond acceptors (Lipinski definition) is 4.